The fraction of sp³-hybridized carbons (Fsp3) is 0.294. The number of aryl methyl sites for hydroxylation is 1. The second kappa shape index (κ2) is 5.87. The first-order chi connectivity index (χ1) is 10.9. The van der Waals surface area contributed by atoms with Crippen molar-refractivity contribution in [3.63, 3.8) is 0 Å². The van der Waals surface area contributed by atoms with E-state index in [1.54, 1.807) is 24.1 Å². The third kappa shape index (κ3) is 3.11. The number of hydrogen-bond acceptors (Lipinski definition) is 3. The molecule has 2 heterocycles. The summed E-state index contributed by atoms with van der Waals surface area (Å²) in [7, 11) is 1.70. The molecule has 0 unspecified atom stereocenters. The van der Waals surface area contributed by atoms with E-state index in [1.807, 2.05) is 6.92 Å². The number of benzene rings is 1. The summed E-state index contributed by atoms with van der Waals surface area (Å²) in [6, 6.07) is 8.85. The lowest BCUT2D eigenvalue weighted by atomic mass is 10.1. The SMILES string of the molecule is Cc1cc(OC2CN(C(=O)c3cccc(F)c3)C2)cc(=O)n1C. The zero-order chi connectivity index (χ0) is 16.6. The molecular weight excluding hydrogens is 299 g/mol. The quantitative estimate of drug-likeness (QED) is 0.867. The molecule has 1 aromatic carbocycles. The van der Waals surface area contributed by atoms with Gasteiger partial charge in [0.1, 0.15) is 17.7 Å². The molecule has 1 aliphatic rings. The number of rotatable bonds is 3. The first-order valence-corrected chi connectivity index (χ1v) is 7.33. The normalized spacial score (nSPS) is 14.5. The predicted molar refractivity (Wildman–Crippen MR) is 83.1 cm³/mol. The van der Waals surface area contributed by atoms with Crippen molar-refractivity contribution in [1.29, 1.82) is 0 Å². The number of hydrogen-bond donors (Lipinski definition) is 0. The van der Waals surface area contributed by atoms with Crippen molar-refractivity contribution in [2.45, 2.75) is 13.0 Å². The molecular formula is C17H17FN2O3. The molecule has 0 aliphatic carbocycles. The highest BCUT2D eigenvalue weighted by Crippen LogP contribution is 2.20. The van der Waals surface area contributed by atoms with E-state index in [0.717, 1.165) is 5.69 Å². The minimum atomic E-state index is -0.431. The Morgan fingerprint density at radius 2 is 2.00 bits per heavy atom. The Bertz CT molecular complexity index is 810. The van der Waals surface area contributed by atoms with E-state index in [4.69, 9.17) is 4.74 Å². The molecule has 0 atom stereocenters. The van der Waals surface area contributed by atoms with E-state index >= 15 is 0 Å². The monoisotopic (exact) mass is 316 g/mol. The van der Waals surface area contributed by atoms with Crippen LogP contribution in [0.4, 0.5) is 4.39 Å². The summed E-state index contributed by atoms with van der Waals surface area (Å²) >= 11 is 0. The summed E-state index contributed by atoms with van der Waals surface area (Å²) < 4.78 is 20.4. The first-order valence-electron chi connectivity index (χ1n) is 7.33. The molecule has 1 saturated heterocycles. The molecule has 23 heavy (non-hydrogen) atoms. The summed E-state index contributed by atoms with van der Waals surface area (Å²) in [5, 5.41) is 0. The highest BCUT2D eigenvalue weighted by atomic mass is 19.1. The maximum Gasteiger partial charge on any atom is 0.254 e. The molecule has 1 aliphatic heterocycles. The van der Waals surface area contributed by atoms with Gasteiger partial charge in [0, 0.05) is 24.4 Å². The number of nitrogens with zero attached hydrogens (tertiary/aromatic N) is 2. The van der Waals surface area contributed by atoms with Gasteiger partial charge >= 0.3 is 0 Å². The molecule has 0 radical (unpaired) electrons. The van der Waals surface area contributed by atoms with Gasteiger partial charge in [0.2, 0.25) is 0 Å². The van der Waals surface area contributed by atoms with Gasteiger partial charge in [-0.2, -0.15) is 0 Å². The lowest BCUT2D eigenvalue weighted by molar-refractivity contribution is 0.0176. The van der Waals surface area contributed by atoms with E-state index in [0.29, 0.717) is 24.4 Å². The van der Waals surface area contributed by atoms with Crippen LogP contribution < -0.4 is 10.3 Å². The summed E-state index contributed by atoms with van der Waals surface area (Å²) in [5.74, 6) is -0.141. The maximum absolute atomic E-state index is 13.2. The third-order valence-electron chi connectivity index (χ3n) is 3.99. The van der Waals surface area contributed by atoms with Gasteiger partial charge in [-0.1, -0.05) is 6.07 Å². The molecule has 0 spiro atoms. The van der Waals surface area contributed by atoms with Crippen molar-refractivity contribution >= 4 is 5.91 Å². The van der Waals surface area contributed by atoms with E-state index in [-0.39, 0.29) is 17.6 Å². The number of likely N-dealkylation sites (tertiary alicyclic amines) is 1. The van der Waals surface area contributed by atoms with Gasteiger partial charge in [-0.3, -0.25) is 9.59 Å². The van der Waals surface area contributed by atoms with E-state index in [1.165, 1.54) is 28.8 Å². The van der Waals surface area contributed by atoms with Crippen molar-refractivity contribution < 1.29 is 13.9 Å². The lowest BCUT2D eigenvalue weighted by Gasteiger charge is -2.39. The molecule has 5 nitrogen and oxygen atoms in total. The fourth-order valence-corrected chi connectivity index (χ4v) is 2.48. The van der Waals surface area contributed by atoms with Gasteiger partial charge < -0.3 is 14.2 Å². The minimum Gasteiger partial charge on any atom is -0.486 e. The van der Waals surface area contributed by atoms with Gasteiger partial charge in [0.15, 0.2) is 0 Å². The molecule has 0 N–H and O–H groups in total. The molecule has 1 amide bonds. The van der Waals surface area contributed by atoms with Crippen molar-refractivity contribution in [2.75, 3.05) is 13.1 Å². The summed E-state index contributed by atoms with van der Waals surface area (Å²) in [6.45, 7) is 2.67. The van der Waals surface area contributed by atoms with Crippen LogP contribution in [0.5, 0.6) is 5.75 Å². The molecule has 3 rings (SSSR count). The molecule has 6 heteroatoms. The highest BCUT2D eigenvalue weighted by Gasteiger charge is 2.33. The zero-order valence-corrected chi connectivity index (χ0v) is 13.0. The average molecular weight is 316 g/mol. The van der Waals surface area contributed by atoms with Crippen molar-refractivity contribution in [1.82, 2.24) is 9.47 Å². The Kier molecular flexibility index (Phi) is 3.90. The Morgan fingerprint density at radius 3 is 2.65 bits per heavy atom. The molecule has 120 valence electrons. The van der Waals surface area contributed by atoms with E-state index in [2.05, 4.69) is 0 Å². The third-order valence-corrected chi connectivity index (χ3v) is 3.99. The number of amides is 1. The van der Waals surface area contributed by atoms with Crippen LogP contribution in [0.25, 0.3) is 0 Å². The Labute approximate surface area is 132 Å². The van der Waals surface area contributed by atoms with Crippen LogP contribution in [-0.4, -0.2) is 34.6 Å². The van der Waals surface area contributed by atoms with Gasteiger partial charge in [0.25, 0.3) is 11.5 Å². The standard InChI is InChI=1S/C17H17FN2O3/c1-11-6-14(8-16(21)19(11)2)23-15-9-20(10-15)17(22)12-4-3-5-13(18)7-12/h3-8,15H,9-10H2,1-2H3. The molecule has 0 saturated carbocycles. The highest BCUT2D eigenvalue weighted by molar-refractivity contribution is 5.94. The van der Waals surface area contributed by atoms with Gasteiger partial charge in [-0.05, 0) is 31.2 Å². The molecule has 1 fully saturated rings. The Hall–Kier alpha value is -2.63. The van der Waals surface area contributed by atoms with Crippen LogP contribution in [0.15, 0.2) is 41.2 Å². The number of pyridine rings is 1. The van der Waals surface area contributed by atoms with Gasteiger partial charge in [-0.15, -0.1) is 0 Å². The largest absolute Gasteiger partial charge is 0.486 e. The van der Waals surface area contributed by atoms with Crippen LogP contribution in [0.2, 0.25) is 0 Å². The van der Waals surface area contributed by atoms with Crippen LogP contribution in [-0.2, 0) is 7.05 Å². The predicted octanol–water partition coefficient (Wildman–Crippen LogP) is 1.74. The van der Waals surface area contributed by atoms with Gasteiger partial charge in [-0.25, -0.2) is 4.39 Å². The van der Waals surface area contributed by atoms with Crippen molar-refractivity contribution in [3.8, 4) is 5.75 Å². The molecule has 0 bridgehead atoms. The number of halogens is 1. The van der Waals surface area contributed by atoms with Crippen LogP contribution in [0.3, 0.4) is 0 Å². The average Bonchev–Trinajstić information content (AvgIpc) is 2.47. The van der Waals surface area contributed by atoms with E-state index < -0.39 is 5.82 Å². The minimum absolute atomic E-state index is 0.132. The van der Waals surface area contributed by atoms with Crippen LogP contribution >= 0.6 is 0 Å². The lowest BCUT2D eigenvalue weighted by Crippen LogP contribution is -2.56. The Balaban J connectivity index is 1.61. The number of carbonyl (C=O) groups is 1. The molecule has 1 aromatic heterocycles. The summed E-state index contributed by atoms with van der Waals surface area (Å²) in [5.41, 5.74) is 0.999. The van der Waals surface area contributed by atoms with Gasteiger partial charge in [0.05, 0.1) is 13.1 Å². The topological polar surface area (TPSA) is 51.5 Å². The second-order valence-corrected chi connectivity index (χ2v) is 5.69. The molecule has 2 aromatic rings. The number of ether oxygens (including phenoxy) is 1. The number of carbonyl (C=O) groups excluding carboxylic acids is 1. The van der Waals surface area contributed by atoms with Crippen LogP contribution in [0, 0.1) is 12.7 Å². The zero-order valence-electron chi connectivity index (χ0n) is 13.0. The van der Waals surface area contributed by atoms with E-state index in [9.17, 15) is 14.0 Å². The fourth-order valence-electron chi connectivity index (χ4n) is 2.48. The maximum atomic E-state index is 13.2. The summed E-state index contributed by atoms with van der Waals surface area (Å²) in [6.07, 6.45) is -0.154. The first kappa shape index (κ1) is 15.3. The Morgan fingerprint density at radius 1 is 1.26 bits per heavy atom. The second-order valence-electron chi connectivity index (χ2n) is 5.69. The van der Waals surface area contributed by atoms with Crippen LogP contribution in [0.1, 0.15) is 16.1 Å². The smallest absolute Gasteiger partial charge is 0.254 e. The van der Waals surface area contributed by atoms with Crippen molar-refractivity contribution in [2.24, 2.45) is 7.05 Å². The summed E-state index contributed by atoms with van der Waals surface area (Å²) in [4.78, 5) is 25.5. The van der Waals surface area contributed by atoms with Crippen molar-refractivity contribution in [3.05, 3.63) is 63.8 Å². The number of aromatic nitrogens is 1.